The van der Waals surface area contributed by atoms with Crippen molar-refractivity contribution in [2.45, 2.75) is 6.54 Å². The Bertz CT molecular complexity index is 1190. The number of carbonyl (C=O) groups excluding carboxylic acids is 1. The van der Waals surface area contributed by atoms with Gasteiger partial charge in [-0.25, -0.2) is 4.39 Å². The molecule has 2 N–H and O–H groups in total. The van der Waals surface area contributed by atoms with E-state index in [1.54, 1.807) is 49.6 Å². The molecule has 32 heavy (non-hydrogen) atoms. The lowest BCUT2D eigenvalue weighted by Gasteiger charge is -2.09. The van der Waals surface area contributed by atoms with E-state index in [4.69, 9.17) is 4.74 Å². The minimum absolute atomic E-state index is 0.164. The average Bonchev–Trinajstić information content (AvgIpc) is 2.84. The molecule has 1 aromatic heterocycles. The monoisotopic (exact) mass is 428 g/mol. The topological polar surface area (TPSA) is 76.1 Å². The number of anilines is 2. The number of aromatic nitrogens is 2. The van der Waals surface area contributed by atoms with Crippen molar-refractivity contribution in [2.75, 3.05) is 12.4 Å². The van der Waals surface area contributed by atoms with Gasteiger partial charge in [0.15, 0.2) is 5.82 Å². The molecule has 4 aromatic rings. The Labute approximate surface area is 185 Å². The second-order valence-electron chi connectivity index (χ2n) is 7.05. The van der Waals surface area contributed by atoms with Crippen molar-refractivity contribution >= 4 is 17.4 Å². The van der Waals surface area contributed by atoms with E-state index in [-0.39, 0.29) is 11.7 Å². The molecule has 0 bridgehead atoms. The summed E-state index contributed by atoms with van der Waals surface area (Å²) in [5.74, 6) is 0.854. The van der Waals surface area contributed by atoms with Crippen molar-refractivity contribution in [1.82, 2.24) is 15.5 Å². The third kappa shape index (κ3) is 5.26. The zero-order valence-corrected chi connectivity index (χ0v) is 17.4. The molecule has 0 aliphatic carbocycles. The van der Waals surface area contributed by atoms with Crippen molar-refractivity contribution in [1.29, 1.82) is 0 Å². The highest BCUT2D eigenvalue weighted by atomic mass is 19.1. The van der Waals surface area contributed by atoms with E-state index in [0.717, 1.165) is 22.6 Å². The Morgan fingerprint density at radius 2 is 1.72 bits per heavy atom. The number of carbonyl (C=O) groups is 1. The Kier molecular flexibility index (Phi) is 6.36. The van der Waals surface area contributed by atoms with Gasteiger partial charge in [-0.15, -0.1) is 10.2 Å². The summed E-state index contributed by atoms with van der Waals surface area (Å²) in [6.07, 6.45) is 0. The van der Waals surface area contributed by atoms with Gasteiger partial charge in [0.2, 0.25) is 0 Å². The molecule has 1 amide bonds. The molecule has 4 rings (SSSR count). The van der Waals surface area contributed by atoms with Crippen LogP contribution in [-0.2, 0) is 6.54 Å². The van der Waals surface area contributed by atoms with Gasteiger partial charge in [-0.2, -0.15) is 0 Å². The highest BCUT2D eigenvalue weighted by Gasteiger charge is 2.07. The number of hydrogen-bond acceptors (Lipinski definition) is 5. The SMILES string of the molecule is COc1cccc(CNC(=O)c2ccc(Nc3ccc(-c4ccc(F)cc4)nn3)cc2)c1. The Morgan fingerprint density at radius 3 is 2.41 bits per heavy atom. The summed E-state index contributed by atoms with van der Waals surface area (Å²) in [6.45, 7) is 0.409. The summed E-state index contributed by atoms with van der Waals surface area (Å²) in [5.41, 5.74) is 3.72. The lowest BCUT2D eigenvalue weighted by Crippen LogP contribution is -2.22. The van der Waals surface area contributed by atoms with E-state index < -0.39 is 0 Å². The number of methoxy groups -OCH3 is 1. The van der Waals surface area contributed by atoms with E-state index in [2.05, 4.69) is 20.8 Å². The third-order valence-corrected chi connectivity index (χ3v) is 4.81. The predicted octanol–water partition coefficient (Wildman–Crippen LogP) is 4.96. The number of hydrogen-bond donors (Lipinski definition) is 2. The number of nitrogens with one attached hydrogen (secondary N) is 2. The van der Waals surface area contributed by atoms with Crippen LogP contribution in [0.3, 0.4) is 0 Å². The van der Waals surface area contributed by atoms with Crippen molar-refractivity contribution in [3.05, 3.63) is 102 Å². The van der Waals surface area contributed by atoms with E-state index in [9.17, 15) is 9.18 Å². The quantitative estimate of drug-likeness (QED) is 0.435. The van der Waals surface area contributed by atoms with Gasteiger partial charge in [0.05, 0.1) is 12.8 Å². The fourth-order valence-electron chi connectivity index (χ4n) is 3.09. The molecule has 1 heterocycles. The van der Waals surface area contributed by atoms with Crippen LogP contribution in [0.2, 0.25) is 0 Å². The van der Waals surface area contributed by atoms with Crippen LogP contribution in [-0.4, -0.2) is 23.2 Å². The van der Waals surface area contributed by atoms with E-state index in [1.165, 1.54) is 12.1 Å². The van der Waals surface area contributed by atoms with Gasteiger partial charge in [-0.1, -0.05) is 12.1 Å². The molecule has 0 saturated heterocycles. The summed E-state index contributed by atoms with van der Waals surface area (Å²) in [4.78, 5) is 12.4. The molecule has 0 unspecified atom stereocenters. The molecule has 7 heteroatoms. The Hall–Kier alpha value is -4.26. The second kappa shape index (κ2) is 9.70. The van der Waals surface area contributed by atoms with Crippen LogP contribution >= 0.6 is 0 Å². The summed E-state index contributed by atoms with van der Waals surface area (Å²) >= 11 is 0. The summed E-state index contributed by atoms with van der Waals surface area (Å²) < 4.78 is 18.3. The van der Waals surface area contributed by atoms with E-state index >= 15 is 0 Å². The first-order valence-electron chi connectivity index (χ1n) is 9.98. The summed E-state index contributed by atoms with van der Waals surface area (Å²) in [6, 6.07) is 24.3. The maximum Gasteiger partial charge on any atom is 0.251 e. The minimum atomic E-state index is -0.294. The number of amides is 1. The predicted molar refractivity (Wildman–Crippen MR) is 121 cm³/mol. The van der Waals surface area contributed by atoms with Crippen LogP contribution in [0.4, 0.5) is 15.9 Å². The van der Waals surface area contributed by atoms with Crippen molar-refractivity contribution in [3.8, 4) is 17.0 Å². The molecule has 0 fully saturated rings. The Balaban J connectivity index is 1.35. The van der Waals surface area contributed by atoms with Crippen LogP contribution in [0.15, 0.2) is 84.9 Å². The maximum absolute atomic E-state index is 13.1. The van der Waals surface area contributed by atoms with Crippen molar-refractivity contribution in [3.63, 3.8) is 0 Å². The molecule has 6 nitrogen and oxygen atoms in total. The van der Waals surface area contributed by atoms with Crippen LogP contribution < -0.4 is 15.4 Å². The first kappa shape index (κ1) is 21.0. The molecule has 3 aromatic carbocycles. The van der Waals surface area contributed by atoms with Crippen LogP contribution in [0.25, 0.3) is 11.3 Å². The fourth-order valence-corrected chi connectivity index (χ4v) is 3.09. The Morgan fingerprint density at radius 1 is 0.938 bits per heavy atom. The fraction of sp³-hybridized carbons (Fsp3) is 0.0800. The van der Waals surface area contributed by atoms with Crippen LogP contribution in [0.1, 0.15) is 15.9 Å². The van der Waals surface area contributed by atoms with Crippen LogP contribution in [0.5, 0.6) is 5.75 Å². The highest BCUT2D eigenvalue weighted by molar-refractivity contribution is 5.94. The molecule has 0 aliphatic rings. The maximum atomic E-state index is 13.1. The first-order valence-corrected chi connectivity index (χ1v) is 9.98. The minimum Gasteiger partial charge on any atom is -0.497 e. The highest BCUT2D eigenvalue weighted by Crippen LogP contribution is 2.20. The zero-order valence-electron chi connectivity index (χ0n) is 17.4. The van der Waals surface area contributed by atoms with Gasteiger partial charge in [0.1, 0.15) is 11.6 Å². The van der Waals surface area contributed by atoms with Gasteiger partial charge in [-0.05, 0) is 78.4 Å². The number of halogens is 1. The second-order valence-corrected chi connectivity index (χ2v) is 7.05. The molecule has 0 radical (unpaired) electrons. The normalized spacial score (nSPS) is 10.4. The molecule has 0 spiro atoms. The van der Waals surface area contributed by atoms with Gasteiger partial charge in [0.25, 0.3) is 5.91 Å². The standard InChI is InChI=1S/C25H21FN4O2/c1-32-22-4-2-3-17(15-22)16-27-25(31)19-7-11-21(12-8-19)28-24-14-13-23(29-30-24)18-5-9-20(26)10-6-18/h2-15H,16H2,1H3,(H,27,31)(H,28,30). The number of rotatable bonds is 7. The van der Waals surface area contributed by atoms with Gasteiger partial charge < -0.3 is 15.4 Å². The smallest absolute Gasteiger partial charge is 0.251 e. The molecule has 160 valence electrons. The molecular weight excluding hydrogens is 407 g/mol. The largest absolute Gasteiger partial charge is 0.497 e. The zero-order chi connectivity index (χ0) is 22.3. The lowest BCUT2D eigenvalue weighted by molar-refractivity contribution is 0.0951. The van der Waals surface area contributed by atoms with Gasteiger partial charge >= 0.3 is 0 Å². The summed E-state index contributed by atoms with van der Waals surface area (Å²) in [5, 5.41) is 14.4. The molecule has 0 atom stereocenters. The van der Waals surface area contributed by atoms with E-state index in [1.807, 2.05) is 30.3 Å². The molecule has 0 aliphatic heterocycles. The van der Waals surface area contributed by atoms with Crippen molar-refractivity contribution in [2.24, 2.45) is 0 Å². The molecular formula is C25H21FN4O2. The average molecular weight is 428 g/mol. The number of ether oxygens (including phenoxy) is 1. The van der Waals surface area contributed by atoms with Gasteiger partial charge in [-0.3, -0.25) is 4.79 Å². The van der Waals surface area contributed by atoms with Gasteiger partial charge in [0, 0.05) is 23.4 Å². The number of nitrogens with zero attached hydrogens (tertiary/aromatic N) is 2. The third-order valence-electron chi connectivity index (χ3n) is 4.81. The lowest BCUT2D eigenvalue weighted by atomic mass is 10.1. The first-order chi connectivity index (χ1) is 15.6. The van der Waals surface area contributed by atoms with Crippen molar-refractivity contribution < 1.29 is 13.9 Å². The number of benzene rings is 3. The van der Waals surface area contributed by atoms with Crippen LogP contribution in [0, 0.1) is 5.82 Å². The van der Waals surface area contributed by atoms with E-state index in [0.29, 0.717) is 23.6 Å². The summed E-state index contributed by atoms with van der Waals surface area (Å²) in [7, 11) is 1.61. The molecule has 0 saturated carbocycles.